The monoisotopic (exact) mass is 298 g/mol. The minimum Gasteiger partial charge on any atom is -0.397 e. The average molecular weight is 298 g/mol. The van der Waals surface area contributed by atoms with Crippen LogP contribution in [0.2, 0.25) is 0 Å². The number of aromatic nitrogens is 1. The third-order valence-electron chi connectivity index (χ3n) is 4.32. The molecule has 1 aromatic heterocycles. The second kappa shape index (κ2) is 5.73. The zero-order valence-corrected chi connectivity index (χ0v) is 12.9. The number of fused-ring (bicyclic) bond motifs is 3. The molecule has 112 valence electrons. The third kappa shape index (κ3) is 2.64. The van der Waals surface area contributed by atoms with Gasteiger partial charge in [0, 0.05) is 11.6 Å². The van der Waals surface area contributed by atoms with Crippen LogP contribution in [0.4, 0.5) is 5.69 Å². The SMILES string of the molecule is Nc1cc2ccccc2c2cc(CCc3ccccc3)cnc12. The Balaban J connectivity index is 1.76. The second-order valence-corrected chi connectivity index (χ2v) is 5.91. The van der Waals surface area contributed by atoms with Gasteiger partial charge in [-0.15, -0.1) is 0 Å². The Morgan fingerprint density at radius 1 is 0.739 bits per heavy atom. The lowest BCUT2D eigenvalue weighted by Gasteiger charge is -2.09. The van der Waals surface area contributed by atoms with Gasteiger partial charge in [0.05, 0.1) is 11.2 Å². The minimum absolute atomic E-state index is 0.744. The Kier molecular flexibility index (Phi) is 3.43. The molecule has 1 heterocycles. The summed E-state index contributed by atoms with van der Waals surface area (Å²) in [5.41, 5.74) is 10.4. The molecule has 0 amide bonds. The highest BCUT2D eigenvalue weighted by Gasteiger charge is 2.07. The largest absolute Gasteiger partial charge is 0.397 e. The van der Waals surface area contributed by atoms with Crippen molar-refractivity contribution >= 4 is 27.4 Å². The maximum Gasteiger partial charge on any atom is 0.0937 e. The number of aryl methyl sites for hydroxylation is 2. The highest BCUT2D eigenvalue weighted by molar-refractivity contribution is 6.10. The van der Waals surface area contributed by atoms with E-state index in [-0.39, 0.29) is 0 Å². The zero-order chi connectivity index (χ0) is 15.6. The molecular formula is C21H18N2. The van der Waals surface area contributed by atoms with E-state index in [0.717, 1.165) is 29.4 Å². The van der Waals surface area contributed by atoms with Gasteiger partial charge in [0.2, 0.25) is 0 Å². The first-order chi connectivity index (χ1) is 11.3. The Labute approximate surface area is 135 Å². The van der Waals surface area contributed by atoms with Gasteiger partial charge >= 0.3 is 0 Å². The topological polar surface area (TPSA) is 38.9 Å². The molecular weight excluding hydrogens is 280 g/mol. The fourth-order valence-electron chi connectivity index (χ4n) is 3.12. The zero-order valence-electron chi connectivity index (χ0n) is 12.9. The van der Waals surface area contributed by atoms with Crippen molar-refractivity contribution in [2.75, 3.05) is 5.73 Å². The van der Waals surface area contributed by atoms with E-state index in [2.05, 4.69) is 59.6 Å². The van der Waals surface area contributed by atoms with Gasteiger partial charge < -0.3 is 5.73 Å². The summed E-state index contributed by atoms with van der Waals surface area (Å²) in [6.45, 7) is 0. The molecule has 0 aliphatic rings. The number of hydrogen-bond donors (Lipinski definition) is 1. The second-order valence-electron chi connectivity index (χ2n) is 5.91. The first kappa shape index (κ1) is 13.8. The maximum atomic E-state index is 6.17. The van der Waals surface area contributed by atoms with Gasteiger partial charge in [-0.1, -0.05) is 54.6 Å². The van der Waals surface area contributed by atoms with Crippen LogP contribution in [0.3, 0.4) is 0 Å². The van der Waals surface area contributed by atoms with Crippen LogP contribution in [0, 0.1) is 0 Å². The summed E-state index contributed by atoms with van der Waals surface area (Å²) in [7, 11) is 0. The van der Waals surface area contributed by atoms with E-state index in [1.807, 2.05) is 18.3 Å². The lowest BCUT2D eigenvalue weighted by molar-refractivity contribution is 0.955. The van der Waals surface area contributed by atoms with E-state index in [0.29, 0.717) is 0 Å². The number of nitrogens with two attached hydrogens (primary N) is 1. The lowest BCUT2D eigenvalue weighted by atomic mass is 10.00. The molecule has 0 saturated heterocycles. The van der Waals surface area contributed by atoms with Crippen LogP contribution in [0.25, 0.3) is 21.7 Å². The number of pyridine rings is 1. The summed E-state index contributed by atoms with van der Waals surface area (Å²) in [6.07, 6.45) is 3.96. The Morgan fingerprint density at radius 3 is 2.35 bits per heavy atom. The van der Waals surface area contributed by atoms with Crippen LogP contribution in [0.1, 0.15) is 11.1 Å². The molecule has 0 atom stereocenters. The van der Waals surface area contributed by atoms with Crippen molar-refractivity contribution in [3.8, 4) is 0 Å². The van der Waals surface area contributed by atoms with E-state index in [1.54, 1.807) is 0 Å². The first-order valence-electron chi connectivity index (χ1n) is 7.91. The fraction of sp³-hybridized carbons (Fsp3) is 0.0952. The smallest absolute Gasteiger partial charge is 0.0937 e. The van der Waals surface area contributed by atoms with Gasteiger partial charge in [0.15, 0.2) is 0 Å². The summed E-state index contributed by atoms with van der Waals surface area (Å²) in [5.74, 6) is 0. The highest BCUT2D eigenvalue weighted by Crippen LogP contribution is 2.29. The van der Waals surface area contributed by atoms with Crippen LogP contribution in [-0.2, 0) is 12.8 Å². The molecule has 2 nitrogen and oxygen atoms in total. The molecule has 0 aliphatic heterocycles. The molecule has 0 spiro atoms. The van der Waals surface area contributed by atoms with E-state index < -0.39 is 0 Å². The van der Waals surface area contributed by atoms with Crippen molar-refractivity contribution in [3.05, 3.63) is 84.1 Å². The molecule has 0 aliphatic carbocycles. The summed E-state index contributed by atoms with van der Waals surface area (Å²) in [5, 5.41) is 3.52. The minimum atomic E-state index is 0.744. The quantitative estimate of drug-likeness (QED) is 0.437. The molecule has 23 heavy (non-hydrogen) atoms. The van der Waals surface area contributed by atoms with Crippen molar-refractivity contribution in [1.82, 2.24) is 4.98 Å². The lowest BCUT2D eigenvalue weighted by Crippen LogP contribution is -1.95. The third-order valence-corrected chi connectivity index (χ3v) is 4.32. The number of anilines is 1. The average Bonchev–Trinajstić information content (AvgIpc) is 2.61. The van der Waals surface area contributed by atoms with Crippen LogP contribution in [-0.4, -0.2) is 4.98 Å². The molecule has 3 aromatic carbocycles. The number of nitrogens with zero attached hydrogens (tertiary/aromatic N) is 1. The summed E-state index contributed by atoms with van der Waals surface area (Å²) >= 11 is 0. The molecule has 4 aromatic rings. The van der Waals surface area contributed by atoms with Gasteiger partial charge in [-0.25, -0.2) is 0 Å². The molecule has 0 radical (unpaired) electrons. The van der Waals surface area contributed by atoms with Gasteiger partial charge in [-0.2, -0.15) is 0 Å². The van der Waals surface area contributed by atoms with Gasteiger partial charge in [0.1, 0.15) is 0 Å². The molecule has 2 heteroatoms. The summed E-state index contributed by atoms with van der Waals surface area (Å²) < 4.78 is 0. The van der Waals surface area contributed by atoms with Crippen molar-refractivity contribution < 1.29 is 0 Å². The summed E-state index contributed by atoms with van der Waals surface area (Å²) in [6, 6.07) is 23.2. The van der Waals surface area contributed by atoms with Crippen LogP contribution < -0.4 is 5.73 Å². The molecule has 0 bridgehead atoms. The number of hydrogen-bond acceptors (Lipinski definition) is 2. The number of nitrogen functional groups attached to an aromatic ring is 1. The van der Waals surface area contributed by atoms with Crippen molar-refractivity contribution in [1.29, 1.82) is 0 Å². The Bertz CT molecular complexity index is 975. The van der Waals surface area contributed by atoms with Crippen molar-refractivity contribution in [2.45, 2.75) is 12.8 Å². The highest BCUT2D eigenvalue weighted by atomic mass is 14.7. The molecule has 0 unspecified atom stereocenters. The van der Waals surface area contributed by atoms with Crippen LogP contribution in [0.15, 0.2) is 72.9 Å². The van der Waals surface area contributed by atoms with Crippen molar-refractivity contribution in [3.63, 3.8) is 0 Å². The fourth-order valence-corrected chi connectivity index (χ4v) is 3.12. The predicted molar refractivity (Wildman–Crippen MR) is 97.5 cm³/mol. The molecule has 0 saturated carbocycles. The molecule has 2 N–H and O–H groups in total. The number of benzene rings is 3. The molecule has 4 rings (SSSR count). The first-order valence-corrected chi connectivity index (χ1v) is 7.91. The van der Waals surface area contributed by atoms with Crippen LogP contribution in [0.5, 0.6) is 0 Å². The van der Waals surface area contributed by atoms with E-state index in [4.69, 9.17) is 5.73 Å². The van der Waals surface area contributed by atoms with Crippen LogP contribution >= 0.6 is 0 Å². The standard InChI is InChI=1S/C21H18N2/c22-20-13-17-8-4-5-9-18(17)19-12-16(14-23-21(19)20)11-10-15-6-2-1-3-7-15/h1-9,12-14H,10-11,22H2. The van der Waals surface area contributed by atoms with Gasteiger partial charge in [-0.3, -0.25) is 4.98 Å². The van der Waals surface area contributed by atoms with Gasteiger partial charge in [-0.05, 0) is 46.9 Å². The Hall–Kier alpha value is -2.87. The van der Waals surface area contributed by atoms with Crippen molar-refractivity contribution in [2.24, 2.45) is 0 Å². The van der Waals surface area contributed by atoms with Gasteiger partial charge in [0.25, 0.3) is 0 Å². The summed E-state index contributed by atoms with van der Waals surface area (Å²) in [4.78, 5) is 4.62. The van der Waals surface area contributed by atoms with E-state index >= 15 is 0 Å². The number of rotatable bonds is 3. The van der Waals surface area contributed by atoms with E-state index in [9.17, 15) is 0 Å². The maximum absolute atomic E-state index is 6.17. The normalized spacial score (nSPS) is 11.1. The Morgan fingerprint density at radius 2 is 1.48 bits per heavy atom. The molecule has 0 fully saturated rings. The predicted octanol–water partition coefficient (Wildman–Crippen LogP) is 4.76. The van der Waals surface area contributed by atoms with E-state index in [1.165, 1.54) is 21.9 Å².